The SMILES string of the molecule is CN1CCN(C(=O)C(=O)N(Cc2ccccc2)c2ccccc2)CC1. The van der Waals surface area contributed by atoms with Crippen molar-refractivity contribution in [2.75, 3.05) is 38.1 Å². The van der Waals surface area contributed by atoms with Crippen LogP contribution in [0.3, 0.4) is 0 Å². The molecule has 1 saturated heterocycles. The molecule has 130 valence electrons. The molecule has 1 heterocycles. The fourth-order valence-corrected chi connectivity index (χ4v) is 2.91. The van der Waals surface area contributed by atoms with Gasteiger partial charge >= 0.3 is 11.8 Å². The van der Waals surface area contributed by atoms with Crippen molar-refractivity contribution < 1.29 is 9.59 Å². The Morgan fingerprint density at radius 2 is 1.44 bits per heavy atom. The van der Waals surface area contributed by atoms with Gasteiger partial charge < -0.3 is 9.80 Å². The Balaban J connectivity index is 1.81. The second-order valence-electron chi connectivity index (χ2n) is 6.31. The summed E-state index contributed by atoms with van der Waals surface area (Å²) in [6, 6.07) is 19.1. The third kappa shape index (κ3) is 4.25. The standard InChI is InChI=1S/C20H23N3O2/c1-21-12-14-22(15-13-21)19(24)20(25)23(18-10-6-3-7-11-18)16-17-8-4-2-5-9-17/h2-11H,12-16H2,1H3. The highest BCUT2D eigenvalue weighted by Crippen LogP contribution is 2.18. The molecule has 5 nitrogen and oxygen atoms in total. The summed E-state index contributed by atoms with van der Waals surface area (Å²) in [4.78, 5) is 31.1. The Kier molecular flexibility index (Phi) is 5.46. The van der Waals surface area contributed by atoms with Crippen LogP contribution in [-0.2, 0) is 16.1 Å². The monoisotopic (exact) mass is 337 g/mol. The smallest absolute Gasteiger partial charge is 0.316 e. The Bertz CT molecular complexity index is 710. The lowest BCUT2D eigenvalue weighted by Crippen LogP contribution is -2.52. The van der Waals surface area contributed by atoms with Gasteiger partial charge in [0.1, 0.15) is 0 Å². The summed E-state index contributed by atoms with van der Waals surface area (Å²) in [5.74, 6) is -0.896. The van der Waals surface area contributed by atoms with E-state index in [1.807, 2.05) is 67.7 Å². The van der Waals surface area contributed by atoms with Crippen molar-refractivity contribution in [3.8, 4) is 0 Å². The third-order valence-electron chi connectivity index (χ3n) is 4.47. The third-order valence-corrected chi connectivity index (χ3v) is 4.47. The van der Waals surface area contributed by atoms with Gasteiger partial charge in [-0.1, -0.05) is 48.5 Å². The van der Waals surface area contributed by atoms with Crippen LogP contribution in [0.25, 0.3) is 0 Å². The first-order valence-corrected chi connectivity index (χ1v) is 8.53. The number of hydrogen-bond acceptors (Lipinski definition) is 3. The molecule has 0 unspecified atom stereocenters. The number of amides is 2. The maximum Gasteiger partial charge on any atom is 0.316 e. The second kappa shape index (κ2) is 7.94. The molecule has 25 heavy (non-hydrogen) atoms. The highest BCUT2D eigenvalue weighted by Gasteiger charge is 2.29. The van der Waals surface area contributed by atoms with E-state index in [0.29, 0.717) is 19.6 Å². The van der Waals surface area contributed by atoms with E-state index in [-0.39, 0.29) is 0 Å². The van der Waals surface area contributed by atoms with E-state index in [4.69, 9.17) is 0 Å². The molecule has 1 aliphatic heterocycles. The zero-order valence-corrected chi connectivity index (χ0v) is 14.5. The van der Waals surface area contributed by atoms with Crippen LogP contribution in [0.15, 0.2) is 60.7 Å². The number of rotatable bonds is 3. The second-order valence-corrected chi connectivity index (χ2v) is 6.31. The maximum absolute atomic E-state index is 12.9. The van der Waals surface area contributed by atoms with Gasteiger partial charge in [0.2, 0.25) is 0 Å². The van der Waals surface area contributed by atoms with Gasteiger partial charge in [-0.05, 0) is 24.7 Å². The highest BCUT2D eigenvalue weighted by molar-refractivity contribution is 6.40. The normalized spacial score (nSPS) is 15.0. The van der Waals surface area contributed by atoms with Crippen molar-refractivity contribution in [2.24, 2.45) is 0 Å². The number of piperazine rings is 1. The van der Waals surface area contributed by atoms with Gasteiger partial charge in [0.05, 0.1) is 6.54 Å². The molecule has 1 fully saturated rings. The fraction of sp³-hybridized carbons (Fsp3) is 0.300. The molecule has 2 amide bonds. The van der Waals surface area contributed by atoms with Gasteiger partial charge in [-0.2, -0.15) is 0 Å². The topological polar surface area (TPSA) is 43.9 Å². The van der Waals surface area contributed by atoms with Gasteiger partial charge in [-0.3, -0.25) is 14.5 Å². The van der Waals surface area contributed by atoms with E-state index >= 15 is 0 Å². The first-order chi connectivity index (χ1) is 12.1. The summed E-state index contributed by atoms with van der Waals surface area (Å²) in [5.41, 5.74) is 1.73. The van der Waals surface area contributed by atoms with Crippen molar-refractivity contribution in [2.45, 2.75) is 6.54 Å². The predicted octanol–water partition coefficient (Wildman–Crippen LogP) is 1.99. The molecule has 0 aliphatic carbocycles. The van der Waals surface area contributed by atoms with E-state index in [1.54, 1.807) is 9.80 Å². The molecule has 2 aromatic carbocycles. The zero-order valence-electron chi connectivity index (χ0n) is 14.5. The van der Waals surface area contributed by atoms with Crippen LogP contribution in [0, 0.1) is 0 Å². The number of carbonyl (C=O) groups excluding carboxylic acids is 2. The first-order valence-electron chi connectivity index (χ1n) is 8.53. The first kappa shape index (κ1) is 17.2. The summed E-state index contributed by atoms with van der Waals surface area (Å²) < 4.78 is 0. The summed E-state index contributed by atoms with van der Waals surface area (Å²) in [5, 5.41) is 0. The van der Waals surface area contributed by atoms with Crippen LogP contribution in [0.4, 0.5) is 5.69 Å². The van der Waals surface area contributed by atoms with Gasteiger partial charge in [-0.15, -0.1) is 0 Å². The lowest BCUT2D eigenvalue weighted by Gasteiger charge is -2.33. The van der Waals surface area contributed by atoms with E-state index in [9.17, 15) is 9.59 Å². The Morgan fingerprint density at radius 1 is 0.880 bits per heavy atom. The number of para-hydroxylation sites is 1. The van der Waals surface area contributed by atoms with Crippen LogP contribution < -0.4 is 4.90 Å². The van der Waals surface area contributed by atoms with Crippen LogP contribution in [-0.4, -0.2) is 54.8 Å². The highest BCUT2D eigenvalue weighted by atomic mass is 16.2. The zero-order chi connectivity index (χ0) is 17.6. The van der Waals surface area contributed by atoms with Gasteiger partial charge in [0.15, 0.2) is 0 Å². The Labute approximate surface area is 148 Å². The van der Waals surface area contributed by atoms with E-state index < -0.39 is 11.8 Å². The van der Waals surface area contributed by atoms with Crippen LogP contribution >= 0.6 is 0 Å². The summed E-state index contributed by atoms with van der Waals surface area (Å²) in [6.07, 6.45) is 0. The minimum absolute atomic E-state index is 0.378. The van der Waals surface area contributed by atoms with Crippen molar-refractivity contribution in [1.29, 1.82) is 0 Å². The molecule has 0 N–H and O–H groups in total. The number of nitrogens with zero attached hydrogens (tertiary/aromatic N) is 3. The largest absolute Gasteiger partial charge is 0.332 e. The van der Waals surface area contributed by atoms with Crippen molar-refractivity contribution in [3.63, 3.8) is 0 Å². The molecule has 0 atom stereocenters. The molecule has 0 bridgehead atoms. The molecular formula is C20H23N3O2. The summed E-state index contributed by atoms with van der Waals surface area (Å²) in [7, 11) is 2.02. The molecule has 1 aliphatic rings. The van der Waals surface area contributed by atoms with Crippen molar-refractivity contribution in [3.05, 3.63) is 66.2 Å². The molecule has 3 rings (SSSR count). The molecule has 5 heteroatoms. The molecular weight excluding hydrogens is 314 g/mol. The lowest BCUT2D eigenvalue weighted by atomic mass is 10.2. The maximum atomic E-state index is 12.9. The molecule has 0 aromatic heterocycles. The van der Waals surface area contributed by atoms with E-state index in [1.165, 1.54) is 0 Å². The summed E-state index contributed by atoms with van der Waals surface area (Å²) in [6.45, 7) is 3.15. The molecule has 0 saturated carbocycles. The van der Waals surface area contributed by atoms with Crippen molar-refractivity contribution in [1.82, 2.24) is 9.80 Å². The average Bonchev–Trinajstić information content (AvgIpc) is 2.67. The number of likely N-dealkylation sites (N-methyl/N-ethyl adjacent to an activating group) is 1. The van der Waals surface area contributed by atoms with Crippen LogP contribution in [0.1, 0.15) is 5.56 Å². The summed E-state index contributed by atoms with van der Waals surface area (Å²) >= 11 is 0. The van der Waals surface area contributed by atoms with Gasteiger partial charge in [0, 0.05) is 31.9 Å². The average molecular weight is 337 g/mol. The minimum atomic E-state index is -0.473. The number of anilines is 1. The lowest BCUT2D eigenvalue weighted by molar-refractivity contribution is -0.145. The molecule has 2 aromatic rings. The van der Waals surface area contributed by atoms with E-state index in [0.717, 1.165) is 24.3 Å². The Morgan fingerprint density at radius 3 is 2.04 bits per heavy atom. The van der Waals surface area contributed by atoms with Crippen LogP contribution in [0.5, 0.6) is 0 Å². The number of benzene rings is 2. The predicted molar refractivity (Wildman–Crippen MR) is 98.2 cm³/mol. The quantitative estimate of drug-likeness (QED) is 0.805. The number of hydrogen-bond donors (Lipinski definition) is 0. The molecule has 0 radical (unpaired) electrons. The Hall–Kier alpha value is -2.66. The molecule has 0 spiro atoms. The fourth-order valence-electron chi connectivity index (χ4n) is 2.91. The van der Waals surface area contributed by atoms with Crippen molar-refractivity contribution >= 4 is 17.5 Å². The number of carbonyl (C=O) groups is 2. The minimum Gasteiger partial charge on any atom is -0.332 e. The van der Waals surface area contributed by atoms with Gasteiger partial charge in [0.25, 0.3) is 0 Å². The van der Waals surface area contributed by atoms with E-state index in [2.05, 4.69) is 4.90 Å². The van der Waals surface area contributed by atoms with Crippen LogP contribution in [0.2, 0.25) is 0 Å². The van der Waals surface area contributed by atoms with Gasteiger partial charge in [-0.25, -0.2) is 0 Å².